The molecule has 1 aromatic carbocycles. The third-order valence-electron chi connectivity index (χ3n) is 2.45. The third kappa shape index (κ3) is 4.08. The number of halogens is 1. The molecule has 0 saturated heterocycles. The predicted octanol–water partition coefficient (Wildman–Crippen LogP) is 4.76. The highest BCUT2D eigenvalue weighted by molar-refractivity contribution is 8.00. The number of nitrogens with zero attached hydrogens (tertiary/aromatic N) is 1. The Morgan fingerprint density at radius 1 is 1.50 bits per heavy atom. The van der Waals surface area contributed by atoms with Crippen molar-refractivity contribution in [1.82, 2.24) is 0 Å². The molecule has 0 saturated carbocycles. The van der Waals surface area contributed by atoms with Gasteiger partial charge in [-0.15, -0.1) is 11.8 Å². The number of benzene rings is 1. The van der Waals surface area contributed by atoms with E-state index < -0.39 is 0 Å². The second-order valence-corrected chi connectivity index (χ2v) is 5.54. The molecule has 0 aliphatic rings. The van der Waals surface area contributed by atoms with Gasteiger partial charge in [0, 0.05) is 9.92 Å². The van der Waals surface area contributed by atoms with Crippen molar-refractivity contribution < 1.29 is 0 Å². The summed E-state index contributed by atoms with van der Waals surface area (Å²) in [6.45, 7) is 4.28. The molecule has 0 aromatic heterocycles. The Bertz CT molecular complexity index is 372. The first-order chi connectivity index (χ1) is 7.67. The molecule has 0 amide bonds. The van der Waals surface area contributed by atoms with E-state index in [0.29, 0.717) is 5.92 Å². The molecule has 3 heteroatoms. The van der Waals surface area contributed by atoms with E-state index in [1.165, 1.54) is 0 Å². The van der Waals surface area contributed by atoms with E-state index in [1.54, 1.807) is 11.8 Å². The Morgan fingerprint density at radius 3 is 2.81 bits per heavy atom. The van der Waals surface area contributed by atoms with E-state index in [-0.39, 0.29) is 5.25 Å². The van der Waals surface area contributed by atoms with Crippen molar-refractivity contribution in [3.05, 3.63) is 29.3 Å². The van der Waals surface area contributed by atoms with Gasteiger partial charge in [-0.05, 0) is 30.5 Å². The second kappa shape index (κ2) is 6.83. The lowest BCUT2D eigenvalue weighted by Gasteiger charge is -2.16. The first kappa shape index (κ1) is 13.4. The van der Waals surface area contributed by atoms with Crippen molar-refractivity contribution >= 4 is 23.4 Å². The summed E-state index contributed by atoms with van der Waals surface area (Å²) < 4.78 is 0. The molecule has 0 fully saturated rings. The van der Waals surface area contributed by atoms with Crippen LogP contribution in [0.3, 0.4) is 0 Å². The number of nitriles is 1. The Hall–Kier alpha value is -0.650. The normalized spacial score (nSPS) is 14.1. The minimum absolute atomic E-state index is 0.0124. The first-order valence-corrected chi connectivity index (χ1v) is 6.75. The average molecular weight is 254 g/mol. The summed E-state index contributed by atoms with van der Waals surface area (Å²) in [4.78, 5) is 1.07. The zero-order chi connectivity index (χ0) is 12.0. The van der Waals surface area contributed by atoms with Crippen molar-refractivity contribution in [1.29, 1.82) is 5.26 Å². The van der Waals surface area contributed by atoms with Crippen molar-refractivity contribution in [2.45, 2.75) is 36.8 Å². The predicted molar refractivity (Wildman–Crippen MR) is 70.8 cm³/mol. The van der Waals surface area contributed by atoms with Crippen LogP contribution in [-0.2, 0) is 0 Å². The topological polar surface area (TPSA) is 23.8 Å². The maximum Gasteiger partial charge on any atom is 0.0989 e. The van der Waals surface area contributed by atoms with E-state index in [4.69, 9.17) is 16.9 Å². The van der Waals surface area contributed by atoms with E-state index in [2.05, 4.69) is 19.9 Å². The lowest BCUT2D eigenvalue weighted by molar-refractivity contribution is 0.546. The monoisotopic (exact) mass is 253 g/mol. The molecule has 1 nitrogen and oxygen atoms in total. The van der Waals surface area contributed by atoms with Gasteiger partial charge in [-0.3, -0.25) is 0 Å². The van der Waals surface area contributed by atoms with Gasteiger partial charge < -0.3 is 0 Å². The highest BCUT2D eigenvalue weighted by Crippen LogP contribution is 2.31. The quantitative estimate of drug-likeness (QED) is 0.707. The molecule has 16 heavy (non-hydrogen) atoms. The number of rotatable bonds is 5. The van der Waals surface area contributed by atoms with Gasteiger partial charge in [0.1, 0.15) is 0 Å². The molecular formula is C13H16ClNS. The fourth-order valence-electron chi connectivity index (χ4n) is 1.56. The molecule has 1 aromatic rings. The van der Waals surface area contributed by atoms with Crippen LogP contribution < -0.4 is 0 Å². The highest BCUT2D eigenvalue weighted by Gasteiger charge is 2.17. The van der Waals surface area contributed by atoms with Crippen LogP contribution >= 0.6 is 23.4 Å². The number of hydrogen-bond donors (Lipinski definition) is 0. The van der Waals surface area contributed by atoms with Gasteiger partial charge in [-0.1, -0.05) is 37.9 Å². The molecule has 0 radical (unpaired) electrons. The zero-order valence-electron chi connectivity index (χ0n) is 9.61. The van der Waals surface area contributed by atoms with E-state index in [9.17, 15) is 0 Å². The van der Waals surface area contributed by atoms with Gasteiger partial charge in [-0.25, -0.2) is 0 Å². The van der Waals surface area contributed by atoms with Crippen LogP contribution in [0.1, 0.15) is 26.7 Å². The van der Waals surface area contributed by atoms with Crippen LogP contribution in [0.5, 0.6) is 0 Å². The van der Waals surface area contributed by atoms with E-state index >= 15 is 0 Å². The minimum Gasteiger partial charge on any atom is -0.197 e. The van der Waals surface area contributed by atoms with Gasteiger partial charge >= 0.3 is 0 Å². The van der Waals surface area contributed by atoms with Crippen molar-refractivity contribution in [3.8, 4) is 6.07 Å². The summed E-state index contributed by atoms with van der Waals surface area (Å²) in [7, 11) is 0. The molecule has 86 valence electrons. The first-order valence-electron chi connectivity index (χ1n) is 5.49. The van der Waals surface area contributed by atoms with Gasteiger partial charge in [0.2, 0.25) is 0 Å². The smallest absolute Gasteiger partial charge is 0.0989 e. The molecule has 2 atom stereocenters. The molecular weight excluding hydrogens is 238 g/mol. The molecule has 0 bridgehead atoms. The summed E-state index contributed by atoms with van der Waals surface area (Å²) in [5, 5.41) is 9.89. The number of thioether (sulfide) groups is 1. The molecule has 0 aliphatic heterocycles. The Kier molecular flexibility index (Phi) is 5.73. The van der Waals surface area contributed by atoms with Crippen LogP contribution in [0, 0.1) is 17.2 Å². The minimum atomic E-state index is 0.0124. The Morgan fingerprint density at radius 2 is 2.25 bits per heavy atom. The van der Waals surface area contributed by atoms with Gasteiger partial charge in [0.25, 0.3) is 0 Å². The Labute approximate surface area is 107 Å². The lowest BCUT2D eigenvalue weighted by Crippen LogP contribution is -2.11. The van der Waals surface area contributed by atoms with Crippen molar-refractivity contribution in [2.75, 3.05) is 0 Å². The maximum absolute atomic E-state index is 9.15. The largest absolute Gasteiger partial charge is 0.197 e. The molecule has 0 aliphatic carbocycles. The molecule has 0 heterocycles. The van der Waals surface area contributed by atoms with Crippen molar-refractivity contribution in [3.63, 3.8) is 0 Å². The summed E-state index contributed by atoms with van der Waals surface area (Å²) in [5.41, 5.74) is 0. The van der Waals surface area contributed by atoms with Gasteiger partial charge in [0.05, 0.1) is 11.3 Å². The van der Waals surface area contributed by atoms with Crippen LogP contribution in [0.25, 0.3) is 0 Å². The number of hydrogen-bond acceptors (Lipinski definition) is 2. The zero-order valence-corrected chi connectivity index (χ0v) is 11.2. The van der Waals surface area contributed by atoms with Gasteiger partial charge in [-0.2, -0.15) is 5.26 Å². The molecule has 0 N–H and O–H groups in total. The summed E-state index contributed by atoms with van der Waals surface area (Å²) in [5.74, 6) is 0.416. The molecule has 0 spiro atoms. The SMILES string of the molecule is CCCC(C)C(C#N)Sc1cccc(Cl)c1. The van der Waals surface area contributed by atoms with Crippen molar-refractivity contribution in [2.24, 2.45) is 5.92 Å². The summed E-state index contributed by atoms with van der Waals surface area (Å²) in [6.07, 6.45) is 2.21. The Balaban J connectivity index is 2.67. The summed E-state index contributed by atoms with van der Waals surface area (Å²) in [6, 6.07) is 10.1. The fraction of sp³-hybridized carbons (Fsp3) is 0.462. The lowest BCUT2D eigenvalue weighted by atomic mass is 10.0. The average Bonchev–Trinajstić information content (AvgIpc) is 2.26. The van der Waals surface area contributed by atoms with Crippen LogP contribution in [0.4, 0.5) is 0 Å². The van der Waals surface area contributed by atoms with Crippen LogP contribution in [0.2, 0.25) is 5.02 Å². The highest BCUT2D eigenvalue weighted by atomic mass is 35.5. The third-order valence-corrected chi connectivity index (χ3v) is 4.03. The second-order valence-electron chi connectivity index (χ2n) is 3.89. The maximum atomic E-state index is 9.15. The molecule has 2 unspecified atom stereocenters. The standard InChI is InChI=1S/C13H16ClNS/c1-3-5-10(2)13(9-15)16-12-7-4-6-11(14)8-12/h4,6-8,10,13H,3,5H2,1-2H3. The summed E-state index contributed by atoms with van der Waals surface area (Å²) >= 11 is 7.52. The van der Waals surface area contributed by atoms with Crippen LogP contribution in [0.15, 0.2) is 29.2 Å². The van der Waals surface area contributed by atoms with E-state index in [0.717, 1.165) is 22.8 Å². The van der Waals surface area contributed by atoms with Gasteiger partial charge in [0.15, 0.2) is 0 Å². The van der Waals surface area contributed by atoms with Crippen LogP contribution in [-0.4, -0.2) is 5.25 Å². The molecule has 1 rings (SSSR count). The van der Waals surface area contributed by atoms with E-state index in [1.807, 2.05) is 24.3 Å². The fourth-order valence-corrected chi connectivity index (χ4v) is 2.88.